The summed E-state index contributed by atoms with van der Waals surface area (Å²) in [5.41, 5.74) is -1.68. The lowest BCUT2D eigenvalue weighted by Gasteiger charge is -2.47. The van der Waals surface area contributed by atoms with Crippen molar-refractivity contribution in [3.05, 3.63) is 0 Å². The second kappa shape index (κ2) is 5.16. The largest absolute Gasteiger partial charge is 0.479 e. The zero-order valence-corrected chi connectivity index (χ0v) is 13.9. The van der Waals surface area contributed by atoms with Crippen molar-refractivity contribution < 1.29 is 19.4 Å². The Balaban J connectivity index is 2.42. The molecule has 19 heavy (non-hydrogen) atoms. The highest BCUT2D eigenvalue weighted by Gasteiger charge is 2.43. The van der Waals surface area contributed by atoms with Crippen LogP contribution in [0.3, 0.4) is 0 Å². The van der Waals surface area contributed by atoms with Crippen LogP contribution in [-0.4, -0.2) is 60.7 Å². The van der Waals surface area contributed by atoms with Crippen molar-refractivity contribution >= 4 is 14.3 Å². The summed E-state index contributed by atoms with van der Waals surface area (Å²) in [4.78, 5) is 12.8. The van der Waals surface area contributed by atoms with Crippen LogP contribution in [0.1, 0.15) is 27.7 Å². The summed E-state index contributed by atoms with van der Waals surface area (Å²) in [5.74, 6) is -1.18. The van der Waals surface area contributed by atoms with Gasteiger partial charge in [-0.3, -0.25) is 4.90 Å². The molecule has 0 spiro atoms. The van der Waals surface area contributed by atoms with Gasteiger partial charge in [0.2, 0.25) is 0 Å². The number of rotatable bonds is 5. The molecule has 0 amide bonds. The third kappa shape index (κ3) is 4.01. The molecule has 0 bridgehead atoms. The molecule has 1 fully saturated rings. The van der Waals surface area contributed by atoms with Gasteiger partial charge in [0.15, 0.2) is 13.9 Å². The summed E-state index contributed by atoms with van der Waals surface area (Å²) >= 11 is 0. The Morgan fingerprint density at radius 2 is 1.79 bits per heavy atom. The lowest BCUT2D eigenvalue weighted by molar-refractivity contribution is -0.161. The Kier molecular flexibility index (Phi) is 4.51. The Hall–Kier alpha value is -0.433. The minimum absolute atomic E-state index is 0.152. The van der Waals surface area contributed by atoms with Crippen molar-refractivity contribution in [3.8, 4) is 0 Å². The molecule has 1 saturated heterocycles. The molecule has 0 unspecified atom stereocenters. The molecule has 0 aliphatic carbocycles. The summed E-state index contributed by atoms with van der Waals surface area (Å²) < 4.78 is 6.21. The van der Waals surface area contributed by atoms with E-state index in [4.69, 9.17) is 9.53 Å². The number of aliphatic carboxylic acids is 1. The number of β-amino-alcohol motifs (C(OH)–C–C–N with tert-alkyl or cyclic N) is 1. The van der Waals surface area contributed by atoms with Crippen LogP contribution in [-0.2, 0) is 9.22 Å². The molecule has 2 N–H and O–H groups in total. The fourth-order valence-electron chi connectivity index (χ4n) is 1.82. The van der Waals surface area contributed by atoms with Gasteiger partial charge in [-0.25, -0.2) is 4.79 Å². The third-order valence-corrected chi connectivity index (χ3v) is 8.72. The number of nitrogens with zero attached hydrogens (tertiary/aromatic N) is 1. The minimum atomic E-state index is -1.75. The lowest BCUT2D eigenvalue weighted by Crippen LogP contribution is -2.61. The van der Waals surface area contributed by atoms with Gasteiger partial charge in [-0.2, -0.15) is 0 Å². The van der Waals surface area contributed by atoms with Crippen molar-refractivity contribution in [2.75, 3.05) is 19.6 Å². The summed E-state index contributed by atoms with van der Waals surface area (Å²) in [7, 11) is -1.75. The van der Waals surface area contributed by atoms with E-state index in [1.807, 2.05) is 4.90 Å². The van der Waals surface area contributed by atoms with Gasteiger partial charge in [0.1, 0.15) is 0 Å². The average Bonchev–Trinajstić information content (AvgIpc) is 2.11. The van der Waals surface area contributed by atoms with Crippen LogP contribution in [0.2, 0.25) is 18.1 Å². The van der Waals surface area contributed by atoms with Gasteiger partial charge < -0.3 is 14.6 Å². The van der Waals surface area contributed by atoms with Crippen molar-refractivity contribution in [1.29, 1.82) is 0 Å². The lowest BCUT2D eigenvalue weighted by atomic mass is 10.0. The van der Waals surface area contributed by atoms with Gasteiger partial charge in [-0.05, 0) is 25.1 Å². The van der Waals surface area contributed by atoms with Gasteiger partial charge in [0.05, 0.1) is 6.10 Å². The predicted molar refractivity (Wildman–Crippen MR) is 76.8 cm³/mol. The monoisotopic (exact) mass is 289 g/mol. The van der Waals surface area contributed by atoms with E-state index < -0.39 is 19.9 Å². The van der Waals surface area contributed by atoms with Crippen LogP contribution in [0.25, 0.3) is 0 Å². The number of aliphatic hydroxyl groups is 1. The van der Waals surface area contributed by atoms with Crippen LogP contribution in [0.4, 0.5) is 0 Å². The molecule has 0 saturated carbocycles. The normalized spacial score (nSPS) is 21.8. The first kappa shape index (κ1) is 16.6. The maximum Gasteiger partial charge on any atom is 0.336 e. The molecule has 1 rings (SSSR count). The van der Waals surface area contributed by atoms with Gasteiger partial charge in [0.25, 0.3) is 0 Å². The fourth-order valence-corrected chi connectivity index (χ4v) is 3.16. The van der Waals surface area contributed by atoms with Crippen LogP contribution < -0.4 is 0 Å². The maximum atomic E-state index is 10.8. The Morgan fingerprint density at radius 1 is 1.32 bits per heavy atom. The van der Waals surface area contributed by atoms with Crippen molar-refractivity contribution in [2.24, 2.45) is 0 Å². The molecular formula is C13H27NO4Si. The molecule has 1 atom stereocenters. The van der Waals surface area contributed by atoms with Crippen LogP contribution in [0.15, 0.2) is 0 Å². The van der Waals surface area contributed by atoms with Gasteiger partial charge in [0, 0.05) is 19.6 Å². The van der Waals surface area contributed by atoms with Crippen molar-refractivity contribution in [1.82, 2.24) is 4.90 Å². The van der Waals surface area contributed by atoms with E-state index in [0.29, 0.717) is 13.1 Å². The quantitative estimate of drug-likeness (QED) is 0.751. The van der Waals surface area contributed by atoms with E-state index >= 15 is 0 Å². The average molecular weight is 289 g/mol. The topological polar surface area (TPSA) is 70.0 Å². The molecular weight excluding hydrogens is 262 g/mol. The fraction of sp³-hybridized carbons (Fsp3) is 0.923. The van der Waals surface area contributed by atoms with E-state index in [-0.39, 0.29) is 17.7 Å². The standard InChI is InChI=1S/C13H27NO4Si/c1-12(2,3)19(5,6)18-10-7-14(8-10)9-13(4,17)11(15)16/h10,17H,7-9H2,1-6H3,(H,15,16)/t13-/m0/s1. The first-order valence-corrected chi connectivity index (χ1v) is 9.62. The summed E-state index contributed by atoms with van der Waals surface area (Å²) in [5, 5.41) is 18.8. The van der Waals surface area contributed by atoms with Gasteiger partial charge in [-0.15, -0.1) is 0 Å². The first-order chi connectivity index (χ1) is 8.35. The number of hydrogen-bond donors (Lipinski definition) is 2. The zero-order chi connectivity index (χ0) is 15.1. The van der Waals surface area contributed by atoms with Crippen LogP contribution in [0, 0.1) is 0 Å². The first-order valence-electron chi connectivity index (χ1n) is 6.71. The second-order valence-electron chi connectivity index (χ2n) is 7.27. The van der Waals surface area contributed by atoms with E-state index in [2.05, 4.69) is 33.9 Å². The second-order valence-corrected chi connectivity index (χ2v) is 12.0. The molecule has 0 aromatic rings. The molecule has 1 aliphatic rings. The molecule has 5 nitrogen and oxygen atoms in total. The van der Waals surface area contributed by atoms with Crippen LogP contribution in [0.5, 0.6) is 0 Å². The Labute approximate surface area is 116 Å². The summed E-state index contributed by atoms with van der Waals surface area (Å²) in [6, 6.07) is 0. The van der Waals surface area contributed by atoms with Crippen molar-refractivity contribution in [3.63, 3.8) is 0 Å². The number of likely N-dealkylation sites (tertiary alicyclic amines) is 1. The SMILES string of the molecule is CC(C)(C)[Si](C)(C)OC1CN(C[C@](C)(O)C(=O)O)C1. The molecule has 6 heteroatoms. The Morgan fingerprint density at radius 3 is 2.16 bits per heavy atom. The number of hydrogen-bond acceptors (Lipinski definition) is 4. The highest BCUT2D eigenvalue weighted by molar-refractivity contribution is 6.74. The minimum Gasteiger partial charge on any atom is -0.479 e. The smallest absolute Gasteiger partial charge is 0.336 e. The highest BCUT2D eigenvalue weighted by Crippen LogP contribution is 2.38. The maximum absolute atomic E-state index is 10.8. The number of carboxylic acids is 1. The Bertz CT molecular complexity index is 343. The van der Waals surface area contributed by atoms with E-state index in [9.17, 15) is 9.90 Å². The van der Waals surface area contributed by atoms with Gasteiger partial charge in [-0.1, -0.05) is 20.8 Å². The summed E-state index contributed by atoms with van der Waals surface area (Å²) in [6.45, 7) is 13.9. The highest BCUT2D eigenvalue weighted by atomic mass is 28.4. The number of carbonyl (C=O) groups is 1. The molecule has 112 valence electrons. The predicted octanol–water partition coefficient (Wildman–Crippen LogP) is 1.53. The van der Waals surface area contributed by atoms with Crippen molar-refractivity contribution in [2.45, 2.75) is 57.5 Å². The van der Waals surface area contributed by atoms with Gasteiger partial charge >= 0.3 is 5.97 Å². The van der Waals surface area contributed by atoms with E-state index in [0.717, 1.165) is 0 Å². The third-order valence-electron chi connectivity index (χ3n) is 4.18. The zero-order valence-electron chi connectivity index (χ0n) is 12.9. The van der Waals surface area contributed by atoms with Crippen LogP contribution >= 0.6 is 0 Å². The van der Waals surface area contributed by atoms with E-state index in [1.54, 1.807) is 0 Å². The summed E-state index contributed by atoms with van der Waals surface area (Å²) in [6.07, 6.45) is 0.172. The molecule has 0 radical (unpaired) electrons. The molecule has 0 aromatic heterocycles. The number of carboxylic acid groups (broad SMARTS) is 1. The molecule has 0 aromatic carbocycles. The molecule has 1 aliphatic heterocycles. The molecule has 1 heterocycles. The van der Waals surface area contributed by atoms with E-state index in [1.165, 1.54) is 6.92 Å².